The van der Waals surface area contributed by atoms with Crippen molar-refractivity contribution in [2.75, 3.05) is 6.61 Å². The van der Waals surface area contributed by atoms with E-state index in [2.05, 4.69) is 31.8 Å². The quantitative estimate of drug-likeness (QED) is 0.834. The van der Waals surface area contributed by atoms with Crippen LogP contribution >= 0.6 is 0 Å². The molecule has 0 bridgehead atoms. The Morgan fingerprint density at radius 1 is 1.20 bits per heavy atom. The molecule has 0 aromatic heterocycles. The van der Waals surface area contributed by atoms with Crippen molar-refractivity contribution in [3.8, 4) is 17.6 Å². The monoisotopic (exact) mass is 272 g/mol. The number of hydrogen-bond donors (Lipinski definition) is 1. The second kappa shape index (κ2) is 6.81. The zero-order valence-electron chi connectivity index (χ0n) is 12.6. The summed E-state index contributed by atoms with van der Waals surface area (Å²) in [6, 6.07) is 6.07. The SMILES string of the molecule is Cc1ccc(OC2CC(C)CC(C)C2)c(C#CCO)c1. The van der Waals surface area contributed by atoms with Crippen LogP contribution < -0.4 is 4.74 Å². The molecule has 0 spiro atoms. The topological polar surface area (TPSA) is 29.5 Å². The van der Waals surface area contributed by atoms with E-state index in [4.69, 9.17) is 9.84 Å². The van der Waals surface area contributed by atoms with Crippen LogP contribution in [0.3, 0.4) is 0 Å². The van der Waals surface area contributed by atoms with E-state index < -0.39 is 0 Å². The normalized spacial score (nSPS) is 25.7. The fraction of sp³-hybridized carbons (Fsp3) is 0.556. The van der Waals surface area contributed by atoms with E-state index in [1.54, 1.807) is 0 Å². The third-order valence-corrected chi connectivity index (χ3v) is 3.87. The Labute approximate surface area is 122 Å². The molecule has 2 unspecified atom stereocenters. The molecule has 0 heterocycles. The van der Waals surface area contributed by atoms with Crippen LogP contribution in [0.4, 0.5) is 0 Å². The van der Waals surface area contributed by atoms with Gasteiger partial charge in [-0.05, 0) is 55.7 Å². The Morgan fingerprint density at radius 2 is 1.90 bits per heavy atom. The molecule has 20 heavy (non-hydrogen) atoms. The van der Waals surface area contributed by atoms with Gasteiger partial charge in [-0.1, -0.05) is 31.8 Å². The van der Waals surface area contributed by atoms with Crippen LogP contribution in [0.2, 0.25) is 0 Å². The van der Waals surface area contributed by atoms with Gasteiger partial charge in [0.2, 0.25) is 0 Å². The maximum atomic E-state index is 8.86. The van der Waals surface area contributed by atoms with Crippen molar-refractivity contribution in [3.05, 3.63) is 29.3 Å². The van der Waals surface area contributed by atoms with Gasteiger partial charge in [-0.15, -0.1) is 0 Å². The second-order valence-corrected chi connectivity index (χ2v) is 6.12. The minimum absolute atomic E-state index is 0.120. The lowest BCUT2D eigenvalue weighted by molar-refractivity contribution is 0.101. The summed E-state index contributed by atoms with van der Waals surface area (Å²) >= 11 is 0. The molecule has 2 heteroatoms. The van der Waals surface area contributed by atoms with E-state index in [1.807, 2.05) is 19.1 Å². The smallest absolute Gasteiger partial charge is 0.135 e. The van der Waals surface area contributed by atoms with Gasteiger partial charge in [0.25, 0.3) is 0 Å². The first kappa shape index (κ1) is 14.9. The van der Waals surface area contributed by atoms with Crippen molar-refractivity contribution in [1.29, 1.82) is 0 Å². The molecule has 1 N–H and O–H groups in total. The summed E-state index contributed by atoms with van der Waals surface area (Å²) in [7, 11) is 0. The van der Waals surface area contributed by atoms with E-state index >= 15 is 0 Å². The number of aryl methyl sites for hydroxylation is 1. The lowest BCUT2D eigenvalue weighted by Gasteiger charge is -2.32. The van der Waals surface area contributed by atoms with Gasteiger partial charge in [-0.25, -0.2) is 0 Å². The molecule has 0 amide bonds. The van der Waals surface area contributed by atoms with Gasteiger partial charge in [0.15, 0.2) is 0 Å². The van der Waals surface area contributed by atoms with Crippen molar-refractivity contribution >= 4 is 0 Å². The fourth-order valence-corrected chi connectivity index (χ4v) is 3.13. The van der Waals surface area contributed by atoms with Crippen LogP contribution in [0.5, 0.6) is 5.75 Å². The van der Waals surface area contributed by atoms with Crippen molar-refractivity contribution in [1.82, 2.24) is 0 Å². The molecular formula is C18H24O2. The van der Waals surface area contributed by atoms with E-state index in [1.165, 1.54) is 6.42 Å². The molecule has 1 aliphatic carbocycles. The molecule has 1 aromatic rings. The number of aliphatic hydroxyl groups excluding tert-OH is 1. The maximum absolute atomic E-state index is 8.86. The summed E-state index contributed by atoms with van der Waals surface area (Å²) in [5.41, 5.74) is 2.04. The van der Waals surface area contributed by atoms with Gasteiger partial charge in [-0.2, -0.15) is 0 Å². The van der Waals surface area contributed by atoms with Crippen molar-refractivity contribution in [2.24, 2.45) is 11.8 Å². The highest BCUT2D eigenvalue weighted by Gasteiger charge is 2.25. The molecule has 0 aliphatic heterocycles. The number of hydrogen-bond acceptors (Lipinski definition) is 2. The first-order valence-corrected chi connectivity index (χ1v) is 7.45. The highest BCUT2D eigenvalue weighted by atomic mass is 16.5. The second-order valence-electron chi connectivity index (χ2n) is 6.12. The van der Waals surface area contributed by atoms with Gasteiger partial charge in [-0.3, -0.25) is 0 Å². The number of aliphatic hydroxyl groups is 1. The highest BCUT2D eigenvalue weighted by molar-refractivity contribution is 5.48. The van der Waals surface area contributed by atoms with Crippen LogP contribution in [-0.4, -0.2) is 17.8 Å². The van der Waals surface area contributed by atoms with Gasteiger partial charge in [0.1, 0.15) is 12.4 Å². The Bertz CT molecular complexity index is 500. The first-order valence-electron chi connectivity index (χ1n) is 7.45. The Kier molecular flexibility index (Phi) is 5.09. The third kappa shape index (κ3) is 4.02. The summed E-state index contributed by atoms with van der Waals surface area (Å²) in [5.74, 6) is 8.00. The Hall–Kier alpha value is -1.46. The predicted octanol–water partition coefficient (Wildman–Crippen LogP) is 3.54. The number of ether oxygens (including phenoxy) is 1. The molecular weight excluding hydrogens is 248 g/mol. The van der Waals surface area contributed by atoms with Gasteiger partial charge < -0.3 is 9.84 Å². The van der Waals surface area contributed by atoms with E-state index in [0.29, 0.717) is 0 Å². The first-order chi connectivity index (χ1) is 9.58. The van der Waals surface area contributed by atoms with Crippen LogP contribution in [0, 0.1) is 30.6 Å². The van der Waals surface area contributed by atoms with Crippen LogP contribution in [0.25, 0.3) is 0 Å². The molecule has 2 nitrogen and oxygen atoms in total. The molecule has 0 radical (unpaired) electrons. The van der Waals surface area contributed by atoms with Crippen molar-refractivity contribution in [2.45, 2.75) is 46.1 Å². The van der Waals surface area contributed by atoms with Gasteiger partial charge in [0, 0.05) is 0 Å². The largest absolute Gasteiger partial charge is 0.489 e. The number of rotatable bonds is 2. The lowest BCUT2D eigenvalue weighted by atomic mass is 9.82. The van der Waals surface area contributed by atoms with E-state index in [9.17, 15) is 0 Å². The molecule has 0 saturated heterocycles. The predicted molar refractivity (Wildman–Crippen MR) is 81.7 cm³/mol. The average Bonchev–Trinajstić information content (AvgIpc) is 2.38. The Balaban J connectivity index is 2.16. The highest BCUT2D eigenvalue weighted by Crippen LogP contribution is 2.32. The molecule has 1 aliphatic rings. The third-order valence-electron chi connectivity index (χ3n) is 3.87. The van der Waals surface area contributed by atoms with E-state index in [0.717, 1.165) is 41.6 Å². The van der Waals surface area contributed by atoms with Gasteiger partial charge in [0.05, 0.1) is 11.7 Å². The van der Waals surface area contributed by atoms with Crippen molar-refractivity contribution in [3.63, 3.8) is 0 Å². The lowest BCUT2D eigenvalue weighted by Crippen LogP contribution is -2.28. The number of benzene rings is 1. The van der Waals surface area contributed by atoms with Crippen LogP contribution in [0.15, 0.2) is 18.2 Å². The fourth-order valence-electron chi connectivity index (χ4n) is 3.13. The summed E-state index contributed by atoms with van der Waals surface area (Å²) in [6.45, 7) is 6.52. The summed E-state index contributed by atoms with van der Waals surface area (Å²) in [5, 5.41) is 8.86. The minimum atomic E-state index is -0.120. The molecule has 2 rings (SSSR count). The van der Waals surface area contributed by atoms with E-state index in [-0.39, 0.29) is 12.7 Å². The van der Waals surface area contributed by atoms with Crippen molar-refractivity contribution < 1.29 is 9.84 Å². The summed E-state index contributed by atoms with van der Waals surface area (Å²) in [4.78, 5) is 0. The molecule has 108 valence electrons. The molecule has 1 saturated carbocycles. The minimum Gasteiger partial charge on any atom is -0.489 e. The zero-order chi connectivity index (χ0) is 14.5. The maximum Gasteiger partial charge on any atom is 0.135 e. The zero-order valence-corrected chi connectivity index (χ0v) is 12.6. The molecule has 1 aromatic carbocycles. The van der Waals surface area contributed by atoms with Crippen LogP contribution in [-0.2, 0) is 0 Å². The summed E-state index contributed by atoms with van der Waals surface area (Å²) in [6.07, 6.45) is 3.81. The summed E-state index contributed by atoms with van der Waals surface area (Å²) < 4.78 is 6.20. The Morgan fingerprint density at radius 3 is 2.55 bits per heavy atom. The molecule has 2 atom stereocenters. The van der Waals surface area contributed by atoms with Crippen LogP contribution in [0.1, 0.15) is 44.2 Å². The van der Waals surface area contributed by atoms with Gasteiger partial charge >= 0.3 is 0 Å². The average molecular weight is 272 g/mol. The molecule has 1 fully saturated rings. The standard InChI is InChI=1S/C18H24O2/c1-13-6-7-18(16(10-13)5-4-8-19)20-17-11-14(2)9-15(3)12-17/h6-7,10,14-15,17,19H,8-9,11-12H2,1-3H3.